The maximum absolute atomic E-state index is 6.16. The molecule has 0 saturated heterocycles. The molecule has 0 fully saturated rings. The molecule has 0 aromatic heterocycles. The molecule has 0 amide bonds. The predicted molar refractivity (Wildman–Crippen MR) is 115 cm³/mol. The summed E-state index contributed by atoms with van der Waals surface area (Å²) in [7, 11) is 0. The van der Waals surface area contributed by atoms with Crippen molar-refractivity contribution in [3.63, 3.8) is 0 Å². The SMILES string of the molecule is CCOCCC(CC)OCC1=N[C@H](c2ccccc2)[C@](C)(c2ccccc2)N1. The van der Waals surface area contributed by atoms with E-state index in [2.05, 4.69) is 73.8 Å². The molecule has 0 bridgehead atoms. The molecule has 150 valence electrons. The van der Waals surface area contributed by atoms with Gasteiger partial charge in [0.2, 0.25) is 0 Å². The van der Waals surface area contributed by atoms with E-state index in [-0.39, 0.29) is 17.7 Å². The molecule has 1 aliphatic heterocycles. The van der Waals surface area contributed by atoms with Gasteiger partial charge in [0.25, 0.3) is 0 Å². The van der Waals surface area contributed by atoms with Gasteiger partial charge in [0, 0.05) is 13.2 Å². The summed E-state index contributed by atoms with van der Waals surface area (Å²) in [6, 6.07) is 21.1. The lowest BCUT2D eigenvalue weighted by atomic mass is 9.82. The Labute approximate surface area is 169 Å². The monoisotopic (exact) mass is 380 g/mol. The van der Waals surface area contributed by atoms with Gasteiger partial charge in [0.05, 0.1) is 11.6 Å². The minimum absolute atomic E-state index is 0.0122. The number of amidine groups is 1. The first-order chi connectivity index (χ1) is 13.7. The molecule has 0 spiro atoms. The van der Waals surface area contributed by atoms with E-state index in [9.17, 15) is 0 Å². The first kappa shape index (κ1) is 20.6. The van der Waals surface area contributed by atoms with Crippen molar-refractivity contribution >= 4 is 5.84 Å². The summed E-state index contributed by atoms with van der Waals surface area (Å²) >= 11 is 0. The highest BCUT2D eigenvalue weighted by molar-refractivity contribution is 5.87. The summed E-state index contributed by atoms with van der Waals surface area (Å²) in [6.45, 7) is 8.38. The minimum atomic E-state index is -0.297. The number of benzene rings is 2. The normalized spacial score (nSPS) is 22.5. The number of nitrogens with zero attached hydrogens (tertiary/aromatic N) is 1. The van der Waals surface area contributed by atoms with Gasteiger partial charge in [-0.05, 0) is 37.8 Å². The van der Waals surface area contributed by atoms with Crippen LogP contribution in [0.2, 0.25) is 0 Å². The second-order valence-corrected chi connectivity index (χ2v) is 7.41. The van der Waals surface area contributed by atoms with Gasteiger partial charge in [-0.2, -0.15) is 0 Å². The van der Waals surface area contributed by atoms with Crippen LogP contribution in [0.3, 0.4) is 0 Å². The summed E-state index contributed by atoms with van der Waals surface area (Å²) < 4.78 is 11.6. The largest absolute Gasteiger partial charge is 0.382 e. The molecule has 1 N–H and O–H groups in total. The molecule has 1 aliphatic rings. The van der Waals surface area contributed by atoms with E-state index in [1.165, 1.54) is 11.1 Å². The van der Waals surface area contributed by atoms with Crippen LogP contribution in [-0.4, -0.2) is 31.8 Å². The second kappa shape index (κ2) is 9.85. The second-order valence-electron chi connectivity index (χ2n) is 7.41. The Morgan fingerprint density at radius 1 is 1.04 bits per heavy atom. The smallest absolute Gasteiger partial charge is 0.124 e. The lowest BCUT2D eigenvalue weighted by molar-refractivity contribution is 0.0395. The Kier molecular flexibility index (Phi) is 7.24. The molecule has 1 heterocycles. The molecule has 3 atom stereocenters. The van der Waals surface area contributed by atoms with Crippen LogP contribution in [0.15, 0.2) is 65.7 Å². The van der Waals surface area contributed by atoms with Crippen LogP contribution in [0.1, 0.15) is 50.8 Å². The highest BCUT2D eigenvalue weighted by Gasteiger charge is 2.42. The first-order valence-electron chi connectivity index (χ1n) is 10.3. The molecule has 0 radical (unpaired) electrons. The average Bonchev–Trinajstić information content (AvgIpc) is 3.09. The molecule has 4 nitrogen and oxygen atoms in total. The van der Waals surface area contributed by atoms with Crippen molar-refractivity contribution in [3.05, 3.63) is 71.8 Å². The van der Waals surface area contributed by atoms with Crippen LogP contribution in [0.25, 0.3) is 0 Å². The van der Waals surface area contributed by atoms with E-state index >= 15 is 0 Å². The molecule has 1 unspecified atom stereocenters. The molecule has 2 aromatic rings. The molecule has 28 heavy (non-hydrogen) atoms. The first-order valence-corrected chi connectivity index (χ1v) is 10.3. The van der Waals surface area contributed by atoms with Crippen LogP contribution in [0.5, 0.6) is 0 Å². The third-order valence-electron chi connectivity index (χ3n) is 5.42. The van der Waals surface area contributed by atoms with Gasteiger partial charge in [0.1, 0.15) is 18.5 Å². The van der Waals surface area contributed by atoms with Crippen LogP contribution in [0, 0.1) is 0 Å². The van der Waals surface area contributed by atoms with E-state index in [0.717, 1.165) is 31.9 Å². The zero-order chi connectivity index (χ0) is 19.8. The molecule has 3 rings (SSSR count). The third kappa shape index (κ3) is 4.81. The van der Waals surface area contributed by atoms with Crippen LogP contribution < -0.4 is 5.32 Å². The lowest BCUT2D eigenvalue weighted by Crippen LogP contribution is -2.43. The van der Waals surface area contributed by atoms with Crippen molar-refractivity contribution in [1.82, 2.24) is 5.32 Å². The van der Waals surface area contributed by atoms with Crippen molar-refractivity contribution in [2.24, 2.45) is 4.99 Å². The quantitative estimate of drug-likeness (QED) is 0.598. The van der Waals surface area contributed by atoms with Gasteiger partial charge in [-0.25, -0.2) is 0 Å². The van der Waals surface area contributed by atoms with Gasteiger partial charge in [0.15, 0.2) is 0 Å². The van der Waals surface area contributed by atoms with E-state index < -0.39 is 0 Å². The Morgan fingerprint density at radius 3 is 2.36 bits per heavy atom. The van der Waals surface area contributed by atoms with Crippen LogP contribution >= 0.6 is 0 Å². The summed E-state index contributed by atoms with van der Waals surface area (Å²) in [5.74, 6) is 0.912. The van der Waals surface area contributed by atoms with Gasteiger partial charge in [-0.1, -0.05) is 67.6 Å². The van der Waals surface area contributed by atoms with Gasteiger partial charge >= 0.3 is 0 Å². The van der Waals surface area contributed by atoms with Crippen molar-refractivity contribution in [1.29, 1.82) is 0 Å². The number of nitrogens with one attached hydrogen (secondary N) is 1. The number of aliphatic imine (C=N–C) groups is 1. The molecule has 0 saturated carbocycles. The standard InChI is InChI=1S/C24H32N2O2/c1-4-21(16-17-27-5-2)28-18-22-25-23(19-12-8-6-9-13-19)24(3,26-22)20-14-10-7-11-15-20/h6-15,21,23H,4-5,16-18H2,1-3H3,(H,25,26)/t21?,23-,24+/m1/s1. The highest BCUT2D eigenvalue weighted by atomic mass is 16.5. The summed E-state index contributed by atoms with van der Waals surface area (Å²) in [4.78, 5) is 5.04. The molecular weight excluding hydrogens is 348 g/mol. The Balaban J connectivity index is 1.76. The topological polar surface area (TPSA) is 42.9 Å². The summed E-state index contributed by atoms with van der Waals surface area (Å²) in [6.07, 6.45) is 2.07. The maximum atomic E-state index is 6.16. The van der Waals surface area contributed by atoms with Crippen molar-refractivity contribution < 1.29 is 9.47 Å². The number of hydrogen-bond donors (Lipinski definition) is 1. The molecule has 0 aliphatic carbocycles. The lowest BCUT2D eigenvalue weighted by Gasteiger charge is -2.32. The zero-order valence-electron chi connectivity index (χ0n) is 17.2. The Hall–Kier alpha value is -2.17. The minimum Gasteiger partial charge on any atom is -0.382 e. The number of ether oxygens (including phenoxy) is 2. The van der Waals surface area contributed by atoms with Crippen molar-refractivity contribution in [2.75, 3.05) is 19.8 Å². The predicted octanol–water partition coefficient (Wildman–Crippen LogP) is 4.87. The average molecular weight is 381 g/mol. The van der Waals surface area contributed by atoms with Gasteiger partial charge < -0.3 is 14.8 Å². The fraction of sp³-hybridized carbons (Fsp3) is 0.458. The molecule has 4 heteroatoms. The van der Waals surface area contributed by atoms with Gasteiger partial charge in [-0.3, -0.25) is 4.99 Å². The van der Waals surface area contributed by atoms with Crippen molar-refractivity contribution in [2.45, 2.75) is 51.3 Å². The summed E-state index contributed by atoms with van der Waals surface area (Å²) in [5.41, 5.74) is 2.14. The number of rotatable bonds is 10. The summed E-state index contributed by atoms with van der Waals surface area (Å²) in [5, 5.41) is 3.67. The fourth-order valence-electron chi connectivity index (χ4n) is 3.78. The highest BCUT2D eigenvalue weighted by Crippen LogP contribution is 2.41. The molecular formula is C24H32N2O2. The van der Waals surface area contributed by atoms with E-state index in [1.54, 1.807) is 0 Å². The van der Waals surface area contributed by atoms with E-state index in [4.69, 9.17) is 14.5 Å². The number of hydrogen-bond acceptors (Lipinski definition) is 4. The van der Waals surface area contributed by atoms with E-state index in [0.29, 0.717) is 6.61 Å². The van der Waals surface area contributed by atoms with Crippen LogP contribution in [-0.2, 0) is 15.0 Å². The fourth-order valence-corrected chi connectivity index (χ4v) is 3.78. The van der Waals surface area contributed by atoms with Gasteiger partial charge in [-0.15, -0.1) is 0 Å². The van der Waals surface area contributed by atoms with E-state index in [1.807, 2.05) is 13.0 Å². The Morgan fingerprint density at radius 2 is 1.71 bits per heavy atom. The Bertz CT molecular complexity index is 748. The van der Waals surface area contributed by atoms with Crippen molar-refractivity contribution in [3.8, 4) is 0 Å². The maximum Gasteiger partial charge on any atom is 0.124 e. The third-order valence-corrected chi connectivity index (χ3v) is 5.42. The van der Waals surface area contributed by atoms with Crippen LogP contribution in [0.4, 0.5) is 0 Å². The molecule has 2 aromatic carbocycles. The zero-order valence-corrected chi connectivity index (χ0v) is 17.2.